The summed E-state index contributed by atoms with van der Waals surface area (Å²) in [5.74, 6) is -0.632. The van der Waals surface area contributed by atoms with Crippen molar-refractivity contribution < 1.29 is 28.2 Å². The Balaban J connectivity index is 1.64. The van der Waals surface area contributed by atoms with Crippen molar-refractivity contribution in [3.63, 3.8) is 0 Å². The third-order valence-electron chi connectivity index (χ3n) is 4.08. The first kappa shape index (κ1) is 26.4. The maximum atomic E-state index is 12.7. The zero-order valence-corrected chi connectivity index (χ0v) is 20.5. The lowest BCUT2D eigenvalue weighted by atomic mass is 10.1. The van der Waals surface area contributed by atoms with Crippen molar-refractivity contribution in [3.05, 3.63) is 63.7 Å². The number of hydrogen-bond donors (Lipinski definition) is 1. The van der Waals surface area contributed by atoms with Gasteiger partial charge in [0.05, 0.1) is 28.1 Å². The highest BCUT2D eigenvalue weighted by Crippen LogP contribution is 2.33. The van der Waals surface area contributed by atoms with E-state index in [9.17, 15) is 18.7 Å². The molecule has 0 bridgehead atoms. The molecule has 0 aliphatic rings. The molecule has 0 saturated carbocycles. The minimum atomic E-state index is -3.06. The van der Waals surface area contributed by atoms with Crippen LogP contribution < -0.4 is 4.74 Å². The molecule has 2 aromatic heterocycles. The Bertz CT molecular complexity index is 1160. The van der Waals surface area contributed by atoms with E-state index in [4.69, 9.17) is 27.9 Å². The van der Waals surface area contributed by atoms with Gasteiger partial charge in [0, 0.05) is 11.3 Å². The Morgan fingerprint density at radius 2 is 1.82 bits per heavy atom. The van der Waals surface area contributed by atoms with Crippen molar-refractivity contribution >= 4 is 52.7 Å². The summed E-state index contributed by atoms with van der Waals surface area (Å²) < 4.78 is 35.1. The second kappa shape index (κ2) is 12.5. The number of aromatic nitrogens is 4. The van der Waals surface area contributed by atoms with Gasteiger partial charge in [-0.2, -0.15) is 8.78 Å². The van der Waals surface area contributed by atoms with E-state index in [-0.39, 0.29) is 50.3 Å². The molecule has 3 aromatic rings. The zero-order valence-electron chi connectivity index (χ0n) is 17.3. The number of para-hydroxylation sites is 1. The lowest BCUT2D eigenvalue weighted by Crippen LogP contribution is -2.12. The van der Waals surface area contributed by atoms with E-state index in [1.54, 1.807) is 12.3 Å². The van der Waals surface area contributed by atoms with Gasteiger partial charge in [0.25, 0.3) is 0 Å². The average Bonchev–Trinajstić information content (AvgIpc) is 2.82. The fourth-order valence-electron chi connectivity index (χ4n) is 2.61. The third kappa shape index (κ3) is 6.89. The van der Waals surface area contributed by atoms with Crippen molar-refractivity contribution in [1.82, 2.24) is 19.9 Å². The molecule has 0 fully saturated rings. The van der Waals surface area contributed by atoms with Crippen LogP contribution in [0, 0.1) is 0 Å². The normalized spacial score (nSPS) is 12.0. The lowest BCUT2D eigenvalue weighted by molar-refractivity contribution is -0.0513. The summed E-state index contributed by atoms with van der Waals surface area (Å²) in [4.78, 5) is 28.5. The van der Waals surface area contributed by atoms with Crippen LogP contribution in [-0.2, 0) is 4.74 Å². The molecule has 1 atom stereocenters. The maximum Gasteiger partial charge on any atom is 0.387 e. The number of thioether (sulfide) groups is 2. The SMILES string of the molecule is CSc1ncc(Cl)c(C(=O)OCCSc2ncc(Cl)c(C(O)c3ccccc3OC(F)F)n2)n1. The number of carbonyl (C=O) groups excluding carboxylic acids is 1. The Kier molecular flexibility index (Phi) is 9.65. The number of esters is 1. The van der Waals surface area contributed by atoms with Crippen LogP contribution in [0.3, 0.4) is 0 Å². The highest BCUT2D eigenvalue weighted by molar-refractivity contribution is 7.99. The number of hydrogen-bond acceptors (Lipinski definition) is 10. The highest BCUT2D eigenvalue weighted by atomic mass is 35.5. The number of ether oxygens (including phenoxy) is 2. The molecule has 180 valence electrons. The molecule has 0 amide bonds. The van der Waals surface area contributed by atoms with Crippen LogP contribution in [0.15, 0.2) is 47.0 Å². The van der Waals surface area contributed by atoms with Crippen LogP contribution >= 0.6 is 46.7 Å². The van der Waals surface area contributed by atoms with Gasteiger partial charge in [0.1, 0.15) is 18.5 Å². The fraction of sp³-hybridized carbons (Fsp3) is 0.250. The summed E-state index contributed by atoms with van der Waals surface area (Å²) in [7, 11) is 0. The van der Waals surface area contributed by atoms with Gasteiger partial charge >= 0.3 is 12.6 Å². The molecule has 14 heteroatoms. The summed E-state index contributed by atoms with van der Waals surface area (Å²) in [5.41, 5.74) is 0.0438. The lowest BCUT2D eigenvalue weighted by Gasteiger charge is -2.16. The van der Waals surface area contributed by atoms with Crippen molar-refractivity contribution in [2.45, 2.75) is 23.0 Å². The summed E-state index contributed by atoms with van der Waals surface area (Å²) >= 11 is 14.5. The number of rotatable bonds is 10. The molecule has 0 aliphatic heterocycles. The van der Waals surface area contributed by atoms with Crippen LogP contribution in [0.2, 0.25) is 10.0 Å². The first-order valence-corrected chi connectivity index (χ1v) is 12.4. The number of aliphatic hydroxyl groups is 1. The molecule has 0 saturated heterocycles. The minimum absolute atomic E-state index is 0.00658. The van der Waals surface area contributed by atoms with Crippen molar-refractivity contribution in [2.75, 3.05) is 18.6 Å². The van der Waals surface area contributed by atoms with Crippen LogP contribution in [0.25, 0.3) is 0 Å². The molecule has 1 unspecified atom stereocenters. The van der Waals surface area contributed by atoms with Crippen LogP contribution in [0.4, 0.5) is 8.78 Å². The summed E-state index contributed by atoms with van der Waals surface area (Å²) in [6.45, 7) is -3.07. The van der Waals surface area contributed by atoms with Crippen LogP contribution in [-0.4, -0.2) is 56.2 Å². The van der Waals surface area contributed by atoms with Gasteiger partial charge in [-0.3, -0.25) is 0 Å². The molecule has 1 aromatic carbocycles. The smallest absolute Gasteiger partial charge is 0.387 e. The Morgan fingerprint density at radius 1 is 1.12 bits per heavy atom. The zero-order chi connectivity index (χ0) is 24.7. The quantitative estimate of drug-likeness (QED) is 0.162. The number of aliphatic hydroxyl groups excluding tert-OH is 1. The standard InChI is InChI=1S/C20H16Cl2F2N4O4S2/c1-33-19-25-9-12(22)15(28-19)17(30)31-6-7-34-20-26-8-11(21)14(27-20)16(29)10-4-2-3-5-13(10)32-18(23)24/h2-5,8-9,16,18,29H,6-7H2,1H3. The van der Waals surface area contributed by atoms with E-state index in [2.05, 4.69) is 24.7 Å². The maximum absolute atomic E-state index is 12.7. The first-order chi connectivity index (χ1) is 16.3. The van der Waals surface area contributed by atoms with Crippen molar-refractivity contribution in [2.24, 2.45) is 0 Å². The Labute approximate surface area is 211 Å². The van der Waals surface area contributed by atoms with Gasteiger partial charge in [-0.15, -0.1) is 0 Å². The third-order valence-corrected chi connectivity index (χ3v) is 6.04. The molecule has 8 nitrogen and oxygen atoms in total. The topological polar surface area (TPSA) is 107 Å². The molecule has 1 N–H and O–H groups in total. The van der Waals surface area contributed by atoms with Crippen LogP contribution in [0.5, 0.6) is 5.75 Å². The van der Waals surface area contributed by atoms with Crippen molar-refractivity contribution in [1.29, 1.82) is 0 Å². The Morgan fingerprint density at radius 3 is 2.56 bits per heavy atom. The molecular weight excluding hydrogens is 533 g/mol. The predicted molar refractivity (Wildman–Crippen MR) is 124 cm³/mol. The number of alkyl halides is 2. The van der Waals surface area contributed by atoms with E-state index < -0.39 is 18.7 Å². The van der Waals surface area contributed by atoms with Gasteiger partial charge in [-0.05, 0) is 12.3 Å². The van der Waals surface area contributed by atoms with Crippen molar-refractivity contribution in [3.8, 4) is 5.75 Å². The van der Waals surface area contributed by atoms with E-state index in [1.165, 1.54) is 42.4 Å². The Hall–Kier alpha value is -2.25. The second-order valence-corrected chi connectivity index (χ2v) is 8.89. The van der Waals surface area contributed by atoms with Gasteiger partial charge in [0.2, 0.25) is 0 Å². The number of benzene rings is 1. The van der Waals surface area contributed by atoms with Crippen LogP contribution in [0.1, 0.15) is 27.8 Å². The molecule has 3 rings (SSSR count). The molecule has 34 heavy (non-hydrogen) atoms. The minimum Gasteiger partial charge on any atom is -0.460 e. The molecule has 0 aliphatic carbocycles. The van der Waals surface area contributed by atoms with E-state index in [1.807, 2.05) is 0 Å². The van der Waals surface area contributed by atoms with Gasteiger partial charge in [-0.1, -0.05) is 64.9 Å². The summed E-state index contributed by atoms with van der Waals surface area (Å²) in [6, 6.07) is 5.78. The van der Waals surface area contributed by atoms with E-state index >= 15 is 0 Å². The first-order valence-electron chi connectivity index (χ1n) is 9.40. The summed E-state index contributed by atoms with van der Waals surface area (Å²) in [6.07, 6.45) is 2.93. The second-order valence-electron chi connectivity index (χ2n) is 6.24. The fourth-order valence-corrected chi connectivity index (χ4v) is 3.95. The highest BCUT2D eigenvalue weighted by Gasteiger charge is 2.22. The average molecular weight is 549 g/mol. The van der Waals surface area contributed by atoms with Gasteiger partial charge in [-0.25, -0.2) is 24.7 Å². The molecular formula is C20H16Cl2F2N4O4S2. The largest absolute Gasteiger partial charge is 0.460 e. The van der Waals surface area contributed by atoms with Gasteiger partial charge in [0.15, 0.2) is 16.0 Å². The molecule has 2 heterocycles. The predicted octanol–water partition coefficient (Wildman–Crippen LogP) is 4.93. The summed E-state index contributed by atoms with van der Waals surface area (Å²) in [5, 5.41) is 11.5. The monoisotopic (exact) mass is 548 g/mol. The number of halogens is 4. The van der Waals surface area contributed by atoms with E-state index in [0.717, 1.165) is 11.8 Å². The van der Waals surface area contributed by atoms with Gasteiger partial charge < -0.3 is 14.6 Å². The van der Waals surface area contributed by atoms with E-state index in [0.29, 0.717) is 5.16 Å². The molecule has 0 radical (unpaired) electrons. The number of carbonyl (C=O) groups is 1. The number of nitrogens with zero attached hydrogens (tertiary/aromatic N) is 4. The molecule has 0 spiro atoms.